The zero-order valence-corrected chi connectivity index (χ0v) is 9.72. The number of halogens is 1. The highest BCUT2D eigenvalue weighted by Crippen LogP contribution is 2.30. The normalized spacial score (nSPS) is 10.0. The number of carbonyl (C=O) groups is 1. The maximum Gasteiger partial charge on any atom is 0.180 e. The van der Waals surface area contributed by atoms with Crippen LogP contribution in [0.1, 0.15) is 15.9 Å². The molecule has 76 valence electrons. The minimum absolute atomic E-state index is 0.00769. The van der Waals surface area contributed by atoms with Gasteiger partial charge in [-0.05, 0) is 40.5 Å². The summed E-state index contributed by atoms with van der Waals surface area (Å²) in [5.74, 6) is 0.428. The molecule has 0 heterocycles. The van der Waals surface area contributed by atoms with Gasteiger partial charge >= 0.3 is 0 Å². The molecule has 14 heavy (non-hydrogen) atoms. The molecule has 0 aliphatic carbocycles. The van der Waals surface area contributed by atoms with E-state index in [1.807, 2.05) is 13.0 Å². The van der Waals surface area contributed by atoms with E-state index in [1.165, 1.54) is 7.11 Å². The van der Waals surface area contributed by atoms with Gasteiger partial charge in [-0.15, -0.1) is 0 Å². The number of hydrogen-bond acceptors (Lipinski definition) is 3. The summed E-state index contributed by atoms with van der Waals surface area (Å²) in [4.78, 5) is 11.5. The van der Waals surface area contributed by atoms with Crippen LogP contribution in [0.2, 0.25) is 0 Å². The van der Waals surface area contributed by atoms with E-state index in [2.05, 4.69) is 15.9 Å². The van der Waals surface area contributed by atoms with Gasteiger partial charge in [0.15, 0.2) is 5.78 Å². The van der Waals surface area contributed by atoms with Crippen LogP contribution in [0.5, 0.6) is 5.75 Å². The van der Waals surface area contributed by atoms with E-state index >= 15 is 0 Å². The van der Waals surface area contributed by atoms with Gasteiger partial charge in [0.25, 0.3) is 0 Å². The van der Waals surface area contributed by atoms with E-state index in [0.29, 0.717) is 11.3 Å². The van der Waals surface area contributed by atoms with E-state index in [1.54, 1.807) is 6.07 Å². The molecule has 4 heteroatoms. The number of ether oxygens (including phenoxy) is 1. The van der Waals surface area contributed by atoms with Crippen molar-refractivity contribution in [1.29, 1.82) is 0 Å². The molecule has 0 amide bonds. The van der Waals surface area contributed by atoms with Crippen molar-refractivity contribution in [3.05, 3.63) is 27.7 Å². The molecule has 0 aliphatic heterocycles. The Morgan fingerprint density at radius 3 is 2.71 bits per heavy atom. The van der Waals surface area contributed by atoms with Crippen molar-refractivity contribution in [1.82, 2.24) is 0 Å². The molecule has 0 unspecified atom stereocenters. The number of carbonyl (C=O) groups excluding carboxylic acids is 1. The largest absolute Gasteiger partial charge is 0.495 e. The van der Waals surface area contributed by atoms with Crippen LogP contribution in [0.4, 0.5) is 0 Å². The average Bonchev–Trinajstić information content (AvgIpc) is 2.15. The molecule has 0 atom stereocenters. The SMILES string of the molecule is COc1c(Br)cc(C)cc1C(=O)CN. The first-order valence-corrected chi connectivity index (χ1v) is 4.96. The lowest BCUT2D eigenvalue weighted by Gasteiger charge is -2.09. The Kier molecular flexibility index (Phi) is 3.66. The van der Waals surface area contributed by atoms with Gasteiger partial charge in [0, 0.05) is 0 Å². The van der Waals surface area contributed by atoms with Crippen molar-refractivity contribution >= 4 is 21.7 Å². The number of hydrogen-bond donors (Lipinski definition) is 1. The molecule has 1 aromatic carbocycles. The van der Waals surface area contributed by atoms with Gasteiger partial charge in [0.05, 0.1) is 23.7 Å². The van der Waals surface area contributed by atoms with Crippen LogP contribution in [-0.4, -0.2) is 19.4 Å². The quantitative estimate of drug-likeness (QED) is 0.842. The highest BCUT2D eigenvalue weighted by Gasteiger charge is 2.14. The van der Waals surface area contributed by atoms with E-state index in [9.17, 15) is 4.79 Å². The van der Waals surface area contributed by atoms with Gasteiger partial charge in [0.1, 0.15) is 5.75 Å². The fourth-order valence-electron chi connectivity index (χ4n) is 1.25. The number of Topliss-reactive ketones (excluding diaryl/α,β-unsaturated/α-hetero) is 1. The van der Waals surface area contributed by atoms with Gasteiger partial charge < -0.3 is 10.5 Å². The topological polar surface area (TPSA) is 52.3 Å². The van der Waals surface area contributed by atoms with Crippen molar-refractivity contribution in [2.24, 2.45) is 5.73 Å². The average molecular weight is 258 g/mol. The molecule has 0 bridgehead atoms. The summed E-state index contributed by atoms with van der Waals surface area (Å²) < 4.78 is 5.91. The van der Waals surface area contributed by atoms with Crippen molar-refractivity contribution in [3.63, 3.8) is 0 Å². The van der Waals surface area contributed by atoms with Crippen LogP contribution >= 0.6 is 15.9 Å². The van der Waals surface area contributed by atoms with Gasteiger partial charge in [-0.1, -0.05) is 0 Å². The smallest absolute Gasteiger partial charge is 0.180 e. The van der Waals surface area contributed by atoms with Gasteiger partial charge in [-0.2, -0.15) is 0 Å². The van der Waals surface area contributed by atoms with Crippen molar-refractivity contribution in [2.75, 3.05) is 13.7 Å². The van der Waals surface area contributed by atoms with E-state index in [-0.39, 0.29) is 12.3 Å². The highest BCUT2D eigenvalue weighted by atomic mass is 79.9. The predicted molar refractivity (Wildman–Crippen MR) is 58.8 cm³/mol. The molecule has 0 radical (unpaired) electrons. The van der Waals surface area contributed by atoms with Gasteiger partial charge in [0.2, 0.25) is 0 Å². The first-order valence-electron chi connectivity index (χ1n) is 4.17. The molecule has 0 saturated heterocycles. The number of ketones is 1. The molecule has 0 aromatic heterocycles. The second-order valence-electron chi connectivity index (χ2n) is 2.95. The predicted octanol–water partition coefficient (Wildman–Crippen LogP) is 1.91. The second-order valence-corrected chi connectivity index (χ2v) is 3.81. The number of methoxy groups -OCH3 is 1. The third kappa shape index (κ3) is 2.13. The molecule has 3 nitrogen and oxygen atoms in total. The maximum absolute atomic E-state index is 11.5. The van der Waals surface area contributed by atoms with Gasteiger partial charge in [-0.25, -0.2) is 0 Å². The monoisotopic (exact) mass is 257 g/mol. The minimum Gasteiger partial charge on any atom is -0.495 e. The zero-order valence-electron chi connectivity index (χ0n) is 8.13. The number of benzene rings is 1. The molecule has 0 saturated carbocycles. The summed E-state index contributed by atoms with van der Waals surface area (Å²) in [6, 6.07) is 3.67. The summed E-state index contributed by atoms with van der Waals surface area (Å²) in [5, 5.41) is 0. The molecule has 0 spiro atoms. The molecule has 1 rings (SSSR count). The third-order valence-electron chi connectivity index (χ3n) is 1.88. The van der Waals surface area contributed by atoms with Crippen LogP contribution in [-0.2, 0) is 0 Å². The minimum atomic E-state index is -0.119. The standard InChI is InChI=1S/C10H12BrNO2/c1-6-3-7(9(13)5-12)10(14-2)8(11)4-6/h3-4H,5,12H2,1-2H3. The first kappa shape index (κ1) is 11.2. The number of rotatable bonds is 3. The van der Waals surface area contributed by atoms with E-state index in [0.717, 1.165) is 10.0 Å². The van der Waals surface area contributed by atoms with Crippen LogP contribution in [0.3, 0.4) is 0 Å². The third-order valence-corrected chi connectivity index (χ3v) is 2.47. The van der Waals surface area contributed by atoms with Crippen LogP contribution in [0.15, 0.2) is 16.6 Å². The Morgan fingerprint density at radius 2 is 2.21 bits per heavy atom. The molecular weight excluding hydrogens is 246 g/mol. The fourth-order valence-corrected chi connectivity index (χ4v) is 1.99. The van der Waals surface area contributed by atoms with Crippen molar-refractivity contribution in [2.45, 2.75) is 6.92 Å². The lowest BCUT2D eigenvalue weighted by molar-refractivity contribution is 0.0998. The zero-order chi connectivity index (χ0) is 10.7. The molecule has 1 aromatic rings. The summed E-state index contributed by atoms with van der Waals surface area (Å²) in [5.41, 5.74) is 6.83. The van der Waals surface area contributed by atoms with Gasteiger partial charge in [-0.3, -0.25) is 4.79 Å². The Balaban J connectivity index is 3.32. The molecular formula is C10H12BrNO2. The Morgan fingerprint density at radius 1 is 1.57 bits per heavy atom. The van der Waals surface area contributed by atoms with Crippen LogP contribution < -0.4 is 10.5 Å². The Bertz CT molecular complexity index is 363. The second kappa shape index (κ2) is 4.57. The Hall–Kier alpha value is -0.870. The molecule has 0 fully saturated rings. The molecule has 0 aliphatic rings. The van der Waals surface area contributed by atoms with E-state index < -0.39 is 0 Å². The van der Waals surface area contributed by atoms with Crippen molar-refractivity contribution < 1.29 is 9.53 Å². The highest BCUT2D eigenvalue weighted by molar-refractivity contribution is 9.10. The summed E-state index contributed by atoms with van der Waals surface area (Å²) in [6.45, 7) is 1.91. The van der Waals surface area contributed by atoms with E-state index in [4.69, 9.17) is 10.5 Å². The fraction of sp³-hybridized carbons (Fsp3) is 0.300. The lowest BCUT2D eigenvalue weighted by Crippen LogP contribution is -2.15. The molecule has 2 N–H and O–H groups in total. The first-order chi connectivity index (χ1) is 6.60. The summed E-state index contributed by atoms with van der Waals surface area (Å²) in [7, 11) is 1.53. The number of aryl methyl sites for hydroxylation is 1. The number of nitrogens with two attached hydrogens (primary N) is 1. The Labute approximate surface area is 91.4 Å². The van der Waals surface area contributed by atoms with Crippen LogP contribution in [0.25, 0.3) is 0 Å². The summed E-state index contributed by atoms with van der Waals surface area (Å²) >= 11 is 3.34. The van der Waals surface area contributed by atoms with Crippen molar-refractivity contribution in [3.8, 4) is 5.75 Å². The van der Waals surface area contributed by atoms with Crippen LogP contribution in [0, 0.1) is 6.92 Å². The summed E-state index contributed by atoms with van der Waals surface area (Å²) in [6.07, 6.45) is 0. The lowest BCUT2D eigenvalue weighted by atomic mass is 10.1. The maximum atomic E-state index is 11.5.